The van der Waals surface area contributed by atoms with Crippen LogP contribution in [0.25, 0.3) is 33.9 Å². The van der Waals surface area contributed by atoms with Crippen molar-refractivity contribution in [3.63, 3.8) is 0 Å². The quantitative estimate of drug-likeness (QED) is 0.348. The van der Waals surface area contributed by atoms with E-state index in [1.165, 1.54) is 12.1 Å². The summed E-state index contributed by atoms with van der Waals surface area (Å²) in [4.78, 5) is 18.7. The van der Waals surface area contributed by atoms with Gasteiger partial charge in [-0.2, -0.15) is 0 Å². The molecule has 7 nitrogen and oxygen atoms in total. The Labute approximate surface area is 173 Å². The highest BCUT2D eigenvalue weighted by molar-refractivity contribution is 5.81. The number of non-ortho nitro benzene ring substituents is 1. The van der Waals surface area contributed by atoms with Gasteiger partial charge in [-0.1, -0.05) is 0 Å². The Hall–Kier alpha value is -4.13. The number of nitro benzene ring substituents is 1. The number of benzene rings is 3. The fourth-order valence-corrected chi connectivity index (χ4v) is 3.18. The Bertz CT molecular complexity index is 1100. The van der Waals surface area contributed by atoms with Gasteiger partial charge in [-0.3, -0.25) is 10.1 Å². The van der Waals surface area contributed by atoms with Crippen molar-refractivity contribution in [1.29, 1.82) is 0 Å². The molecule has 0 saturated heterocycles. The lowest BCUT2D eigenvalue weighted by Crippen LogP contribution is -1.88. The lowest BCUT2D eigenvalue weighted by molar-refractivity contribution is -0.384. The molecule has 0 unspecified atom stereocenters. The Morgan fingerprint density at radius 1 is 0.767 bits per heavy atom. The number of hydrogen-bond acceptors (Lipinski definition) is 5. The number of H-pyrrole nitrogens is 1. The van der Waals surface area contributed by atoms with Crippen LogP contribution < -0.4 is 9.47 Å². The zero-order valence-corrected chi connectivity index (χ0v) is 16.5. The molecule has 0 spiro atoms. The summed E-state index contributed by atoms with van der Waals surface area (Å²) in [5.74, 6) is 2.15. The van der Waals surface area contributed by atoms with Crippen molar-refractivity contribution in [3.8, 4) is 45.4 Å². The molecule has 4 rings (SSSR count). The van der Waals surface area contributed by atoms with Gasteiger partial charge in [0, 0.05) is 28.8 Å². The maximum absolute atomic E-state index is 10.9. The first-order valence-corrected chi connectivity index (χ1v) is 9.22. The van der Waals surface area contributed by atoms with Crippen LogP contribution in [0, 0.1) is 10.1 Å². The molecule has 0 amide bonds. The van der Waals surface area contributed by atoms with Crippen LogP contribution in [0.2, 0.25) is 0 Å². The molecule has 3 aromatic carbocycles. The van der Waals surface area contributed by atoms with Gasteiger partial charge in [-0.15, -0.1) is 0 Å². The maximum Gasteiger partial charge on any atom is 0.269 e. The number of nitrogens with zero attached hydrogens (tertiary/aromatic N) is 2. The molecule has 4 aromatic rings. The summed E-state index contributed by atoms with van der Waals surface area (Å²) in [5.41, 5.74) is 4.28. The van der Waals surface area contributed by atoms with E-state index in [-0.39, 0.29) is 5.69 Å². The van der Waals surface area contributed by atoms with Gasteiger partial charge >= 0.3 is 0 Å². The van der Waals surface area contributed by atoms with Gasteiger partial charge in [-0.25, -0.2) is 4.98 Å². The number of hydrogen-bond donors (Lipinski definition) is 1. The average molecular weight is 401 g/mol. The van der Waals surface area contributed by atoms with Gasteiger partial charge in [0.1, 0.15) is 17.3 Å². The zero-order valence-electron chi connectivity index (χ0n) is 16.5. The number of ether oxygens (including phenoxy) is 2. The van der Waals surface area contributed by atoms with Crippen molar-refractivity contribution in [2.75, 3.05) is 14.2 Å². The van der Waals surface area contributed by atoms with Gasteiger partial charge < -0.3 is 14.5 Å². The van der Waals surface area contributed by atoms with Crippen molar-refractivity contribution in [1.82, 2.24) is 9.97 Å². The topological polar surface area (TPSA) is 90.3 Å². The number of methoxy groups -OCH3 is 2. The first kappa shape index (κ1) is 19.2. The Balaban J connectivity index is 1.82. The van der Waals surface area contributed by atoms with Crippen molar-refractivity contribution >= 4 is 5.69 Å². The fraction of sp³-hybridized carbons (Fsp3) is 0.0870. The second-order valence-electron chi connectivity index (χ2n) is 6.57. The van der Waals surface area contributed by atoms with Gasteiger partial charge in [0.25, 0.3) is 5.69 Å². The van der Waals surface area contributed by atoms with Crippen LogP contribution in [0.4, 0.5) is 5.69 Å². The van der Waals surface area contributed by atoms with E-state index in [0.29, 0.717) is 5.82 Å². The van der Waals surface area contributed by atoms with Gasteiger partial charge in [0.05, 0.1) is 30.5 Å². The first-order chi connectivity index (χ1) is 14.6. The number of imidazole rings is 1. The number of aromatic amines is 1. The van der Waals surface area contributed by atoms with Crippen LogP contribution in [0.15, 0.2) is 72.8 Å². The lowest BCUT2D eigenvalue weighted by Gasteiger charge is -2.06. The third-order valence-corrected chi connectivity index (χ3v) is 4.80. The van der Waals surface area contributed by atoms with Crippen molar-refractivity contribution in [2.45, 2.75) is 0 Å². The molecule has 0 radical (unpaired) electrons. The average Bonchev–Trinajstić information content (AvgIpc) is 3.24. The molecule has 0 aliphatic carbocycles. The number of nitrogens with one attached hydrogen (secondary N) is 1. The summed E-state index contributed by atoms with van der Waals surface area (Å²) >= 11 is 0. The van der Waals surface area contributed by atoms with Crippen LogP contribution in [0.3, 0.4) is 0 Å². The summed E-state index contributed by atoms with van der Waals surface area (Å²) in [6, 6.07) is 21.7. The minimum atomic E-state index is -0.419. The van der Waals surface area contributed by atoms with E-state index >= 15 is 0 Å². The molecule has 0 aliphatic rings. The Morgan fingerprint density at radius 2 is 1.27 bits per heavy atom. The van der Waals surface area contributed by atoms with E-state index in [1.54, 1.807) is 26.4 Å². The minimum Gasteiger partial charge on any atom is -0.497 e. The summed E-state index contributed by atoms with van der Waals surface area (Å²) in [6.45, 7) is 0. The largest absolute Gasteiger partial charge is 0.497 e. The number of nitro groups is 1. The highest BCUT2D eigenvalue weighted by Crippen LogP contribution is 2.34. The van der Waals surface area contributed by atoms with Crippen LogP contribution in [-0.4, -0.2) is 29.1 Å². The highest BCUT2D eigenvalue weighted by atomic mass is 16.6. The third kappa shape index (κ3) is 3.73. The van der Waals surface area contributed by atoms with E-state index in [4.69, 9.17) is 14.5 Å². The number of rotatable bonds is 6. The molecule has 150 valence electrons. The Morgan fingerprint density at radius 3 is 1.77 bits per heavy atom. The molecule has 30 heavy (non-hydrogen) atoms. The maximum atomic E-state index is 10.9. The van der Waals surface area contributed by atoms with E-state index in [9.17, 15) is 10.1 Å². The molecule has 0 bridgehead atoms. The smallest absolute Gasteiger partial charge is 0.269 e. The van der Waals surface area contributed by atoms with E-state index in [2.05, 4.69) is 4.98 Å². The molecule has 1 aromatic heterocycles. The van der Waals surface area contributed by atoms with E-state index in [1.807, 2.05) is 48.5 Å². The molecule has 0 aliphatic heterocycles. The normalized spacial score (nSPS) is 10.6. The molecule has 7 heteroatoms. The van der Waals surface area contributed by atoms with Crippen molar-refractivity contribution < 1.29 is 14.4 Å². The number of aromatic nitrogens is 2. The van der Waals surface area contributed by atoms with E-state index in [0.717, 1.165) is 39.6 Å². The fourth-order valence-electron chi connectivity index (χ4n) is 3.18. The molecule has 1 heterocycles. The van der Waals surface area contributed by atoms with Gasteiger partial charge in [0.2, 0.25) is 0 Å². The van der Waals surface area contributed by atoms with E-state index < -0.39 is 4.92 Å². The van der Waals surface area contributed by atoms with Crippen molar-refractivity contribution in [3.05, 3.63) is 82.9 Å². The van der Waals surface area contributed by atoms with Crippen LogP contribution in [-0.2, 0) is 0 Å². The first-order valence-electron chi connectivity index (χ1n) is 9.22. The van der Waals surface area contributed by atoms with Gasteiger partial charge in [0.15, 0.2) is 0 Å². The lowest BCUT2D eigenvalue weighted by atomic mass is 10.0. The zero-order chi connectivity index (χ0) is 21.1. The molecule has 0 fully saturated rings. The standard InChI is InChI=1S/C23H19N3O4/c1-29-19-11-5-15(6-12-19)21-22(16-7-13-20(30-2)14-8-16)25-23(24-21)17-3-9-18(10-4-17)26(27)28/h3-14H,1-2H3,(H,24,25). The monoisotopic (exact) mass is 401 g/mol. The van der Waals surface area contributed by atoms with Crippen LogP contribution in [0.5, 0.6) is 11.5 Å². The molecular formula is C23H19N3O4. The van der Waals surface area contributed by atoms with Gasteiger partial charge in [-0.05, 0) is 60.7 Å². The molecule has 0 saturated carbocycles. The summed E-state index contributed by atoms with van der Waals surface area (Å²) in [6.07, 6.45) is 0. The summed E-state index contributed by atoms with van der Waals surface area (Å²) < 4.78 is 10.5. The summed E-state index contributed by atoms with van der Waals surface area (Å²) in [5, 5.41) is 10.9. The van der Waals surface area contributed by atoms with Crippen LogP contribution >= 0.6 is 0 Å². The predicted octanol–water partition coefficient (Wildman–Crippen LogP) is 5.34. The third-order valence-electron chi connectivity index (χ3n) is 4.80. The Kier molecular flexibility index (Phi) is 5.17. The molecule has 1 N–H and O–H groups in total. The van der Waals surface area contributed by atoms with Crippen molar-refractivity contribution in [2.24, 2.45) is 0 Å². The second kappa shape index (κ2) is 8.08. The minimum absolute atomic E-state index is 0.0380. The molecule has 0 atom stereocenters. The SMILES string of the molecule is COc1ccc(-c2nc(-c3ccc([N+](=O)[O-])cc3)[nH]c2-c2ccc(OC)cc2)cc1. The predicted molar refractivity (Wildman–Crippen MR) is 115 cm³/mol. The summed E-state index contributed by atoms with van der Waals surface area (Å²) in [7, 11) is 3.25. The van der Waals surface area contributed by atoms with Crippen LogP contribution in [0.1, 0.15) is 0 Å². The highest BCUT2D eigenvalue weighted by Gasteiger charge is 2.16. The molecular weight excluding hydrogens is 382 g/mol. The second-order valence-corrected chi connectivity index (χ2v) is 6.57.